The lowest BCUT2D eigenvalue weighted by Gasteiger charge is -2.39. The Balaban J connectivity index is 2.12. The molecule has 1 N–H and O–H groups in total. The van der Waals surface area contributed by atoms with Gasteiger partial charge in [0.15, 0.2) is 0 Å². The number of carboxylic acid groups (broad SMARTS) is 1. The molecular weight excluding hydrogens is 266 g/mol. The number of carboxylic acids is 1. The summed E-state index contributed by atoms with van der Waals surface area (Å²) in [5.41, 5.74) is 1.75. The maximum absolute atomic E-state index is 11.6. The Labute approximate surface area is 126 Å². The van der Waals surface area contributed by atoms with Gasteiger partial charge in [-0.25, -0.2) is 0 Å². The summed E-state index contributed by atoms with van der Waals surface area (Å²) in [6.07, 6.45) is 3.39. The number of nitrogens with zero attached hydrogens (tertiary/aromatic N) is 3. The summed E-state index contributed by atoms with van der Waals surface area (Å²) in [6, 6.07) is 2.16. The second kappa shape index (κ2) is 6.60. The highest BCUT2D eigenvalue weighted by atomic mass is 16.4. The maximum atomic E-state index is 11.6. The standard InChI is InChI=1S/C16H27N3O2/c1-4-13-10-14(19(6-3)17-13)11-18-9-7-8-16(5-2,12-18)15(20)21/h10H,4-9,11-12H2,1-3H3,(H,20,21). The first-order chi connectivity index (χ1) is 10.0. The molecule has 0 spiro atoms. The number of aromatic nitrogens is 2. The van der Waals surface area contributed by atoms with Crippen molar-refractivity contribution in [2.75, 3.05) is 13.1 Å². The molecule has 1 atom stereocenters. The van der Waals surface area contributed by atoms with E-state index in [1.807, 2.05) is 11.6 Å². The molecule has 0 amide bonds. The van der Waals surface area contributed by atoms with Gasteiger partial charge >= 0.3 is 5.97 Å². The summed E-state index contributed by atoms with van der Waals surface area (Å²) in [4.78, 5) is 13.9. The van der Waals surface area contributed by atoms with Crippen LogP contribution in [0, 0.1) is 5.41 Å². The highest BCUT2D eigenvalue weighted by Crippen LogP contribution is 2.34. The maximum Gasteiger partial charge on any atom is 0.310 e. The molecule has 0 aliphatic carbocycles. The van der Waals surface area contributed by atoms with Gasteiger partial charge in [0.1, 0.15) is 0 Å². The molecule has 1 fully saturated rings. The van der Waals surface area contributed by atoms with E-state index in [-0.39, 0.29) is 0 Å². The quantitative estimate of drug-likeness (QED) is 0.875. The van der Waals surface area contributed by atoms with Crippen LogP contribution in [0.3, 0.4) is 0 Å². The third kappa shape index (κ3) is 3.28. The molecule has 0 saturated carbocycles. The van der Waals surface area contributed by atoms with Crippen molar-refractivity contribution in [2.24, 2.45) is 5.41 Å². The van der Waals surface area contributed by atoms with Gasteiger partial charge in [-0.1, -0.05) is 13.8 Å². The zero-order valence-corrected chi connectivity index (χ0v) is 13.4. The molecule has 5 heteroatoms. The number of rotatable bonds is 6. The zero-order chi connectivity index (χ0) is 15.5. The van der Waals surface area contributed by atoms with Crippen LogP contribution >= 0.6 is 0 Å². The van der Waals surface area contributed by atoms with Gasteiger partial charge in [0.2, 0.25) is 0 Å². The Morgan fingerprint density at radius 3 is 2.76 bits per heavy atom. The van der Waals surface area contributed by atoms with E-state index < -0.39 is 11.4 Å². The fourth-order valence-electron chi connectivity index (χ4n) is 3.29. The molecule has 0 aromatic carbocycles. The largest absolute Gasteiger partial charge is 0.481 e. The van der Waals surface area contributed by atoms with Crippen molar-refractivity contribution in [1.29, 1.82) is 0 Å². The predicted octanol–water partition coefficient (Wildman–Crippen LogP) is 2.54. The molecule has 0 radical (unpaired) electrons. The van der Waals surface area contributed by atoms with Gasteiger partial charge in [0, 0.05) is 19.6 Å². The zero-order valence-electron chi connectivity index (χ0n) is 13.4. The molecule has 1 aromatic rings. The fourth-order valence-corrected chi connectivity index (χ4v) is 3.29. The van der Waals surface area contributed by atoms with E-state index in [0.29, 0.717) is 13.0 Å². The summed E-state index contributed by atoms with van der Waals surface area (Å²) >= 11 is 0. The van der Waals surface area contributed by atoms with Gasteiger partial charge in [-0.3, -0.25) is 14.4 Å². The minimum absolute atomic E-state index is 0.567. The molecule has 0 bridgehead atoms. The van der Waals surface area contributed by atoms with Crippen molar-refractivity contribution in [1.82, 2.24) is 14.7 Å². The van der Waals surface area contributed by atoms with E-state index >= 15 is 0 Å². The van der Waals surface area contributed by atoms with Crippen LogP contribution < -0.4 is 0 Å². The number of hydrogen-bond donors (Lipinski definition) is 1. The Bertz CT molecular complexity index is 498. The fraction of sp³-hybridized carbons (Fsp3) is 0.750. The van der Waals surface area contributed by atoms with Crippen molar-refractivity contribution in [3.05, 3.63) is 17.5 Å². The monoisotopic (exact) mass is 293 g/mol. The van der Waals surface area contributed by atoms with Crippen LogP contribution in [0.5, 0.6) is 0 Å². The van der Waals surface area contributed by atoms with Gasteiger partial charge in [-0.15, -0.1) is 0 Å². The Morgan fingerprint density at radius 2 is 2.19 bits per heavy atom. The minimum atomic E-state index is -0.645. The molecule has 1 saturated heterocycles. The van der Waals surface area contributed by atoms with E-state index in [1.54, 1.807) is 0 Å². The lowest BCUT2D eigenvalue weighted by molar-refractivity contribution is -0.153. The summed E-state index contributed by atoms with van der Waals surface area (Å²) in [6.45, 7) is 9.49. The third-order valence-electron chi connectivity index (χ3n) is 4.75. The van der Waals surface area contributed by atoms with E-state index in [0.717, 1.165) is 44.6 Å². The molecular formula is C16H27N3O2. The first kappa shape index (κ1) is 16.0. The van der Waals surface area contributed by atoms with Crippen LogP contribution in [0.1, 0.15) is 51.4 Å². The normalized spacial score (nSPS) is 23.4. The molecule has 1 aliphatic heterocycles. The third-order valence-corrected chi connectivity index (χ3v) is 4.75. The Kier molecular flexibility index (Phi) is 5.04. The molecule has 2 rings (SSSR count). The molecule has 1 aliphatic rings. The number of carbonyl (C=O) groups is 1. The smallest absolute Gasteiger partial charge is 0.310 e. The van der Waals surface area contributed by atoms with Crippen molar-refractivity contribution < 1.29 is 9.90 Å². The molecule has 1 aromatic heterocycles. The lowest BCUT2D eigenvalue weighted by atomic mass is 9.77. The van der Waals surface area contributed by atoms with Crippen LogP contribution in [-0.4, -0.2) is 38.8 Å². The topological polar surface area (TPSA) is 58.4 Å². The Morgan fingerprint density at radius 1 is 1.43 bits per heavy atom. The molecule has 118 valence electrons. The molecule has 21 heavy (non-hydrogen) atoms. The SMILES string of the molecule is CCc1cc(CN2CCCC(CC)(C(=O)O)C2)n(CC)n1. The van der Waals surface area contributed by atoms with Crippen LogP contribution in [0.25, 0.3) is 0 Å². The minimum Gasteiger partial charge on any atom is -0.481 e. The van der Waals surface area contributed by atoms with Gasteiger partial charge < -0.3 is 5.11 Å². The second-order valence-electron chi connectivity index (χ2n) is 6.05. The van der Waals surface area contributed by atoms with Gasteiger partial charge in [-0.05, 0) is 45.2 Å². The van der Waals surface area contributed by atoms with Gasteiger partial charge in [-0.2, -0.15) is 5.10 Å². The van der Waals surface area contributed by atoms with Crippen molar-refractivity contribution in [2.45, 2.75) is 59.5 Å². The number of piperidine rings is 1. The molecule has 2 heterocycles. The second-order valence-corrected chi connectivity index (χ2v) is 6.05. The van der Waals surface area contributed by atoms with E-state index in [1.165, 1.54) is 5.69 Å². The average molecular weight is 293 g/mol. The predicted molar refractivity (Wildman–Crippen MR) is 82.1 cm³/mol. The first-order valence-corrected chi connectivity index (χ1v) is 8.06. The molecule has 1 unspecified atom stereocenters. The van der Waals surface area contributed by atoms with E-state index in [2.05, 4.69) is 29.9 Å². The highest BCUT2D eigenvalue weighted by molar-refractivity contribution is 5.75. The van der Waals surface area contributed by atoms with Gasteiger partial charge in [0.25, 0.3) is 0 Å². The number of likely N-dealkylation sites (tertiary alicyclic amines) is 1. The highest BCUT2D eigenvalue weighted by Gasteiger charge is 2.40. The van der Waals surface area contributed by atoms with Crippen LogP contribution in [-0.2, 0) is 24.3 Å². The van der Waals surface area contributed by atoms with E-state index in [4.69, 9.17) is 0 Å². The van der Waals surface area contributed by atoms with Crippen LogP contribution in [0.4, 0.5) is 0 Å². The first-order valence-electron chi connectivity index (χ1n) is 8.06. The molecule has 5 nitrogen and oxygen atoms in total. The summed E-state index contributed by atoms with van der Waals surface area (Å²) in [5, 5.41) is 14.1. The number of hydrogen-bond acceptors (Lipinski definition) is 3. The summed E-state index contributed by atoms with van der Waals surface area (Å²) in [5.74, 6) is -0.645. The van der Waals surface area contributed by atoms with Crippen LogP contribution in [0.2, 0.25) is 0 Å². The van der Waals surface area contributed by atoms with Crippen molar-refractivity contribution >= 4 is 5.97 Å². The Hall–Kier alpha value is -1.36. The summed E-state index contributed by atoms with van der Waals surface area (Å²) < 4.78 is 2.04. The van der Waals surface area contributed by atoms with Crippen LogP contribution in [0.15, 0.2) is 6.07 Å². The average Bonchev–Trinajstić information content (AvgIpc) is 2.89. The van der Waals surface area contributed by atoms with Crippen molar-refractivity contribution in [3.8, 4) is 0 Å². The van der Waals surface area contributed by atoms with E-state index in [9.17, 15) is 9.90 Å². The number of aryl methyl sites for hydroxylation is 2. The number of aliphatic carboxylic acids is 1. The van der Waals surface area contributed by atoms with Crippen molar-refractivity contribution in [3.63, 3.8) is 0 Å². The lowest BCUT2D eigenvalue weighted by Crippen LogP contribution is -2.47. The summed E-state index contributed by atoms with van der Waals surface area (Å²) in [7, 11) is 0. The van der Waals surface area contributed by atoms with Gasteiger partial charge in [0.05, 0.1) is 16.8 Å².